The summed E-state index contributed by atoms with van der Waals surface area (Å²) in [4.78, 5) is 4.09. The molecule has 1 aliphatic rings. The average molecular weight is 369 g/mol. The molecule has 3 unspecified atom stereocenters. The molecular formula is C15H16F5NO4. The fraction of sp³-hybridized carbons (Fsp3) is 0.533. The number of hydrogen-bond donors (Lipinski definition) is 1. The highest BCUT2D eigenvalue weighted by Gasteiger charge is 2.32. The Hall–Kier alpha value is -1.94. The zero-order valence-corrected chi connectivity index (χ0v) is 13.0. The van der Waals surface area contributed by atoms with Gasteiger partial charge in [-0.05, 0) is 18.2 Å². The van der Waals surface area contributed by atoms with Crippen LogP contribution in [0.1, 0.15) is 18.4 Å². The van der Waals surface area contributed by atoms with E-state index in [1.165, 1.54) is 12.1 Å². The summed E-state index contributed by atoms with van der Waals surface area (Å²) in [7, 11) is 1.13. The van der Waals surface area contributed by atoms with Crippen LogP contribution in [0.4, 0.5) is 22.0 Å². The Kier molecular flexibility index (Phi) is 6.17. The number of aliphatic hydroxyl groups excluding tert-OH is 1. The first-order valence-electron chi connectivity index (χ1n) is 7.27. The van der Waals surface area contributed by atoms with E-state index < -0.39 is 37.0 Å². The van der Waals surface area contributed by atoms with Crippen LogP contribution in [0, 0.1) is 0 Å². The number of benzene rings is 1. The monoisotopic (exact) mass is 369 g/mol. The Bertz CT molecular complexity index is 608. The fourth-order valence-electron chi connectivity index (χ4n) is 2.35. The van der Waals surface area contributed by atoms with Crippen LogP contribution in [0.15, 0.2) is 29.3 Å². The highest BCUT2D eigenvalue weighted by molar-refractivity contribution is 5.95. The molecule has 0 saturated carbocycles. The van der Waals surface area contributed by atoms with Crippen molar-refractivity contribution < 1.29 is 41.3 Å². The summed E-state index contributed by atoms with van der Waals surface area (Å²) in [5.74, 6) is -0.643. The highest BCUT2D eigenvalue weighted by Crippen LogP contribution is 2.26. The molecule has 0 fully saturated rings. The van der Waals surface area contributed by atoms with Crippen LogP contribution in [0.25, 0.3) is 0 Å². The number of methoxy groups -OCH3 is 1. The van der Waals surface area contributed by atoms with E-state index in [1.54, 1.807) is 0 Å². The van der Waals surface area contributed by atoms with Crippen molar-refractivity contribution in [2.75, 3.05) is 7.11 Å². The lowest BCUT2D eigenvalue weighted by Crippen LogP contribution is -2.34. The molecular weight excluding hydrogens is 353 g/mol. The van der Waals surface area contributed by atoms with E-state index in [1.807, 2.05) is 0 Å². The maximum atomic E-state index is 12.8. The van der Waals surface area contributed by atoms with Gasteiger partial charge in [0.2, 0.25) is 12.2 Å². The quantitative estimate of drug-likeness (QED) is 0.783. The van der Waals surface area contributed by atoms with Gasteiger partial charge in [-0.15, -0.1) is 13.2 Å². The number of halogens is 5. The minimum Gasteiger partial charge on any atom is -0.448 e. The van der Waals surface area contributed by atoms with Crippen molar-refractivity contribution in [3.8, 4) is 5.75 Å². The molecule has 1 aromatic rings. The first-order valence-corrected chi connectivity index (χ1v) is 7.27. The molecule has 1 aliphatic heterocycles. The van der Waals surface area contributed by atoms with Crippen molar-refractivity contribution in [2.24, 2.45) is 4.99 Å². The number of rotatable bonds is 6. The highest BCUT2D eigenvalue weighted by atomic mass is 19.4. The molecule has 25 heavy (non-hydrogen) atoms. The van der Waals surface area contributed by atoms with Gasteiger partial charge in [-0.3, -0.25) is 0 Å². The van der Waals surface area contributed by atoms with Crippen LogP contribution in [-0.2, 0) is 9.47 Å². The average Bonchev–Trinajstić information content (AvgIpc) is 2.50. The molecule has 0 bridgehead atoms. The second-order valence-electron chi connectivity index (χ2n) is 5.32. The van der Waals surface area contributed by atoms with E-state index in [2.05, 4.69) is 14.5 Å². The molecule has 2 rings (SSSR count). The van der Waals surface area contributed by atoms with Crippen molar-refractivity contribution in [1.29, 1.82) is 0 Å². The molecule has 0 aromatic heterocycles. The Balaban J connectivity index is 2.20. The normalized spacial score (nSPS) is 22.3. The fourth-order valence-corrected chi connectivity index (χ4v) is 2.35. The maximum absolute atomic E-state index is 12.8. The summed E-state index contributed by atoms with van der Waals surface area (Å²) in [6.45, 7) is 0. The summed E-state index contributed by atoms with van der Waals surface area (Å²) < 4.78 is 76.0. The Morgan fingerprint density at radius 2 is 2.08 bits per heavy atom. The van der Waals surface area contributed by atoms with Crippen LogP contribution < -0.4 is 4.74 Å². The summed E-state index contributed by atoms with van der Waals surface area (Å²) in [5.41, 5.74) is 0.122. The molecule has 0 amide bonds. The van der Waals surface area contributed by atoms with Crippen LogP contribution in [0.2, 0.25) is 0 Å². The largest absolute Gasteiger partial charge is 0.573 e. The molecule has 1 aromatic carbocycles. The number of alkyl halides is 5. The molecule has 0 spiro atoms. The third kappa shape index (κ3) is 5.82. The standard InChI is InChI=1S/C15H16F5NO4/c1-23-11(13(16)17)6-9-7-12(22)24-14(21-9)8-3-2-4-10(5-8)25-15(18,19)20/h2-5,9,11-13,22H,6-7H2,1H3. The summed E-state index contributed by atoms with van der Waals surface area (Å²) in [6, 6.07) is 4.08. The minimum absolute atomic E-state index is 0.0329. The van der Waals surface area contributed by atoms with E-state index in [-0.39, 0.29) is 24.3 Å². The predicted molar refractivity (Wildman–Crippen MR) is 76.6 cm³/mol. The molecule has 0 aliphatic carbocycles. The number of ether oxygens (including phenoxy) is 3. The second kappa shape index (κ2) is 7.96. The first-order chi connectivity index (χ1) is 11.7. The van der Waals surface area contributed by atoms with Gasteiger partial charge in [-0.2, -0.15) is 0 Å². The Morgan fingerprint density at radius 3 is 2.68 bits per heavy atom. The van der Waals surface area contributed by atoms with Crippen LogP contribution >= 0.6 is 0 Å². The number of nitrogens with zero attached hydrogens (tertiary/aromatic N) is 1. The molecule has 3 atom stereocenters. The van der Waals surface area contributed by atoms with Gasteiger partial charge in [0, 0.05) is 25.5 Å². The van der Waals surface area contributed by atoms with Gasteiger partial charge in [0.05, 0.1) is 6.04 Å². The predicted octanol–water partition coefficient (Wildman–Crippen LogP) is 3.11. The van der Waals surface area contributed by atoms with Gasteiger partial charge >= 0.3 is 6.36 Å². The Morgan fingerprint density at radius 1 is 1.36 bits per heavy atom. The third-order valence-corrected chi connectivity index (χ3v) is 3.42. The van der Waals surface area contributed by atoms with Crippen molar-refractivity contribution in [3.63, 3.8) is 0 Å². The lowest BCUT2D eigenvalue weighted by atomic mass is 10.0. The molecule has 5 nitrogen and oxygen atoms in total. The van der Waals surface area contributed by atoms with Gasteiger partial charge in [0.15, 0.2) is 0 Å². The van der Waals surface area contributed by atoms with Crippen LogP contribution in [-0.4, -0.2) is 49.3 Å². The van der Waals surface area contributed by atoms with E-state index in [9.17, 15) is 27.1 Å². The molecule has 140 valence electrons. The smallest absolute Gasteiger partial charge is 0.448 e. The van der Waals surface area contributed by atoms with Gasteiger partial charge < -0.3 is 19.3 Å². The van der Waals surface area contributed by atoms with Crippen LogP contribution in [0.3, 0.4) is 0 Å². The van der Waals surface area contributed by atoms with Gasteiger partial charge in [0.1, 0.15) is 11.9 Å². The molecule has 0 radical (unpaired) electrons. The van der Waals surface area contributed by atoms with E-state index in [0.717, 1.165) is 19.2 Å². The summed E-state index contributed by atoms with van der Waals surface area (Å²) in [6.07, 6.45) is -10.5. The maximum Gasteiger partial charge on any atom is 0.573 e. The van der Waals surface area contributed by atoms with Crippen molar-refractivity contribution in [1.82, 2.24) is 0 Å². The zero-order chi connectivity index (χ0) is 18.6. The zero-order valence-electron chi connectivity index (χ0n) is 13.0. The lowest BCUT2D eigenvalue weighted by Gasteiger charge is -2.27. The second-order valence-corrected chi connectivity index (χ2v) is 5.32. The number of hydrogen-bond acceptors (Lipinski definition) is 5. The molecule has 1 heterocycles. The van der Waals surface area contributed by atoms with E-state index in [4.69, 9.17) is 4.74 Å². The molecule has 0 saturated heterocycles. The van der Waals surface area contributed by atoms with E-state index >= 15 is 0 Å². The van der Waals surface area contributed by atoms with Gasteiger partial charge in [-0.1, -0.05) is 6.07 Å². The van der Waals surface area contributed by atoms with Crippen molar-refractivity contribution >= 4 is 5.90 Å². The lowest BCUT2D eigenvalue weighted by molar-refractivity contribution is -0.274. The van der Waals surface area contributed by atoms with Gasteiger partial charge in [-0.25, -0.2) is 13.8 Å². The SMILES string of the molecule is COC(CC1CC(O)OC(c2cccc(OC(F)(F)F)c2)=N1)C(F)F. The molecule has 10 heteroatoms. The number of aliphatic hydroxyl groups is 1. The minimum atomic E-state index is -4.86. The summed E-state index contributed by atoms with van der Waals surface area (Å²) >= 11 is 0. The van der Waals surface area contributed by atoms with Gasteiger partial charge in [0.25, 0.3) is 6.43 Å². The van der Waals surface area contributed by atoms with E-state index in [0.29, 0.717) is 0 Å². The third-order valence-electron chi connectivity index (χ3n) is 3.42. The number of aliphatic imine (C=N–C) groups is 1. The first kappa shape index (κ1) is 19.4. The topological polar surface area (TPSA) is 60.3 Å². The molecule has 1 N–H and O–H groups in total. The van der Waals surface area contributed by atoms with Crippen LogP contribution in [0.5, 0.6) is 5.75 Å². The summed E-state index contributed by atoms with van der Waals surface area (Å²) in [5, 5.41) is 9.75. The Labute approximate surface area is 140 Å². The van der Waals surface area contributed by atoms with Crippen molar-refractivity contribution in [3.05, 3.63) is 29.8 Å². The van der Waals surface area contributed by atoms with Crippen molar-refractivity contribution in [2.45, 2.75) is 44.1 Å².